The van der Waals surface area contributed by atoms with Crippen LogP contribution in [0.3, 0.4) is 0 Å². The van der Waals surface area contributed by atoms with E-state index in [0.717, 1.165) is 50.2 Å². The van der Waals surface area contributed by atoms with E-state index in [9.17, 15) is 4.39 Å². The van der Waals surface area contributed by atoms with Gasteiger partial charge in [0.25, 0.3) is 0 Å². The van der Waals surface area contributed by atoms with Crippen molar-refractivity contribution in [3.63, 3.8) is 0 Å². The zero-order chi connectivity index (χ0) is 22.1. The summed E-state index contributed by atoms with van der Waals surface area (Å²) in [6, 6.07) is 7.65. The van der Waals surface area contributed by atoms with Crippen LogP contribution in [0.1, 0.15) is 39.0 Å². The summed E-state index contributed by atoms with van der Waals surface area (Å²) in [5.74, 6) is 8.31. The topological polar surface area (TPSA) is 93.5 Å². The second kappa shape index (κ2) is 11.5. The first kappa shape index (κ1) is 22.8. The van der Waals surface area contributed by atoms with Crippen LogP contribution in [0.4, 0.5) is 16.0 Å². The van der Waals surface area contributed by atoms with E-state index in [0.29, 0.717) is 24.4 Å². The van der Waals surface area contributed by atoms with Gasteiger partial charge < -0.3 is 15.4 Å². The molecule has 1 aliphatic rings. The third kappa shape index (κ3) is 6.55. The zero-order valence-corrected chi connectivity index (χ0v) is 18.2. The molecule has 2 aromatic rings. The Hall–Kier alpha value is -2.87. The second-order valence-corrected chi connectivity index (χ2v) is 7.93. The smallest absolute Gasteiger partial charge is 0.225 e. The van der Waals surface area contributed by atoms with Gasteiger partial charge in [-0.3, -0.25) is 5.01 Å². The quantitative estimate of drug-likeness (QED) is 0.337. The lowest BCUT2D eigenvalue weighted by Gasteiger charge is -2.36. The van der Waals surface area contributed by atoms with Crippen molar-refractivity contribution in [2.75, 3.05) is 29.6 Å². The summed E-state index contributed by atoms with van der Waals surface area (Å²) in [6.07, 6.45) is 11.1. The van der Waals surface area contributed by atoms with E-state index in [2.05, 4.69) is 21.8 Å². The first-order valence-corrected chi connectivity index (χ1v) is 11.0. The number of benzene rings is 1. The highest BCUT2D eigenvalue weighted by Gasteiger charge is 2.26. The lowest BCUT2D eigenvalue weighted by molar-refractivity contribution is 0.226. The lowest BCUT2D eigenvalue weighted by atomic mass is 9.80. The molecule has 7 nitrogen and oxygen atoms in total. The van der Waals surface area contributed by atoms with Crippen LogP contribution in [0.5, 0.6) is 5.75 Å². The predicted molar refractivity (Wildman–Crippen MR) is 122 cm³/mol. The molecule has 1 aromatic carbocycles. The SMILES string of the molecule is CCC(CCCOc1ccc(N(N)/C=C\N)cc1)C1CCN(c2ncc(F)cn2)CC1. The standard InChI is InChI=1S/C23H33FN6O/c1-2-18(19-9-12-29(13-10-19)23-27-16-20(24)17-28-23)4-3-15-31-22-7-5-21(6-8-22)30(26)14-11-25/h5-8,11,14,16-19H,2-4,9-10,12-13,15,25-26H2,1H3/b14-11-. The van der Waals surface area contributed by atoms with Gasteiger partial charge in [0, 0.05) is 25.5 Å². The van der Waals surface area contributed by atoms with Crippen LogP contribution < -0.4 is 26.2 Å². The van der Waals surface area contributed by atoms with Crippen LogP contribution in [0.2, 0.25) is 0 Å². The summed E-state index contributed by atoms with van der Waals surface area (Å²) >= 11 is 0. The summed E-state index contributed by atoms with van der Waals surface area (Å²) in [4.78, 5) is 10.4. The van der Waals surface area contributed by atoms with Gasteiger partial charge >= 0.3 is 0 Å². The number of hydrogen-bond acceptors (Lipinski definition) is 7. The van der Waals surface area contributed by atoms with E-state index in [1.54, 1.807) is 6.20 Å². The van der Waals surface area contributed by atoms with Crippen LogP contribution in [0.25, 0.3) is 0 Å². The van der Waals surface area contributed by atoms with Gasteiger partial charge in [-0.15, -0.1) is 0 Å². The molecule has 0 amide bonds. The number of aromatic nitrogens is 2. The first-order valence-electron chi connectivity index (χ1n) is 11.0. The van der Waals surface area contributed by atoms with Crippen LogP contribution in [-0.2, 0) is 0 Å². The van der Waals surface area contributed by atoms with Gasteiger partial charge in [-0.1, -0.05) is 13.3 Å². The third-order valence-corrected chi connectivity index (χ3v) is 5.99. The molecule has 0 saturated carbocycles. The third-order valence-electron chi connectivity index (χ3n) is 5.99. The molecule has 1 saturated heterocycles. The highest BCUT2D eigenvalue weighted by molar-refractivity contribution is 5.49. The average molecular weight is 429 g/mol. The fraction of sp³-hybridized carbons (Fsp3) is 0.478. The number of anilines is 2. The maximum absolute atomic E-state index is 13.0. The minimum Gasteiger partial charge on any atom is -0.494 e. The van der Waals surface area contributed by atoms with Gasteiger partial charge in [-0.05, 0) is 61.8 Å². The first-order chi connectivity index (χ1) is 15.1. The van der Waals surface area contributed by atoms with Gasteiger partial charge in [0.1, 0.15) is 5.75 Å². The number of nitrogens with zero attached hydrogens (tertiary/aromatic N) is 4. The molecule has 1 atom stereocenters. The molecular weight excluding hydrogens is 395 g/mol. The Morgan fingerprint density at radius 3 is 2.52 bits per heavy atom. The van der Waals surface area contributed by atoms with Gasteiger partial charge in [0.15, 0.2) is 5.82 Å². The molecule has 0 radical (unpaired) electrons. The van der Waals surface area contributed by atoms with Gasteiger partial charge in [-0.25, -0.2) is 20.2 Å². The van der Waals surface area contributed by atoms with Crippen molar-refractivity contribution in [1.82, 2.24) is 9.97 Å². The van der Waals surface area contributed by atoms with E-state index in [1.165, 1.54) is 30.0 Å². The molecule has 4 N–H and O–H groups in total. The average Bonchev–Trinajstić information content (AvgIpc) is 2.80. The summed E-state index contributed by atoms with van der Waals surface area (Å²) in [6.45, 7) is 4.82. The number of hydrogen-bond donors (Lipinski definition) is 2. The molecule has 1 aromatic heterocycles. The van der Waals surface area contributed by atoms with Crippen molar-refractivity contribution in [3.05, 3.63) is 54.9 Å². The second-order valence-electron chi connectivity index (χ2n) is 7.93. The number of ether oxygens (including phenoxy) is 1. The molecule has 1 fully saturated rings. The maximum Gasteiger partial charge on any atom is 0.225 e. The molecule has 168 valence electrons. The van der Waals surface area contributed by atoms with Crippen LogP contribution in [0.15, 0.2) is 49.1 Å². The Labute approximate surface area is 183 Å². The Morgan fingerprint density at radius 2 is 1.90 bits per heavy atom. The summed E-state index contributed by atoms with van der Waals surface area (Å²) in [5.41, 5.74) is 6.20. The number of halogens is 1. The summed E-state index contributed by atoms with van der Waals surface area (Å²) in [7, 11) is 0. The van der Waals surface area contributed by atoms with E-state index in [-0.39, 0.29) is 0 Å². The molecular formula is C23H33FN6O. The molecule has 1 aliphatic heterocycles. The molecule has 0 spiro atoms. The highest BCUT2D eigenvalue weighted by atomic mass is 19.1. The number of rotatable bonds is 10. The Bertz CT molecular complexity index is 806. The van der Waals surface area contributed by atoms with Crippen molar-refractivity contribution < 1.29 is 9.13 Å². The highest BCUT2D eigenvalue weighted by Crippen LogP contribution is 2.31. The number of piperidine rings is 1. The fourth-order valence-corrected chi connectivity index (χ4v) is 4.24. The molecule has 3 rings (SSSR count). The Kier molecular flexibility index (Phi) is 8.46. The fourth-order valence-electron chi connectivity index (χ4n) is 4.24. The van der Waals surface area contributed by atoms with Crippen molar-refractivity contribution in [1.29, 1.82) is 0 Å². The molecule has 31 heavy (non-hydrogen) atoms. The maximum atomic E-state index is 13.0. The largest absolute Gasteiger partial charge is 0.494 e. The van der Waals surface area contributed by atoms with Crippen molar-refractivity contribution in [2.24, 2.45) is 23.4 Å². The molecule has 0 bridgehead atoms. The molecule has 0 aliphatic carbocycles. The summed E-state index contributed by atoms with van der Waals surface area (Å²) in [5, 5.41) is 1.46. The molecule has 1 unspecified atom stereocenters. The van der Waals surface area contributed by atoms with Crippen molar-refractivity contribution in [3.8, 4) is 5.75 Å². The van der Waals surface area contributed by atoms with Gasteiger partial charge in [-0.2, -0.15) is 0 Å². The monoisotopic (exact) mass is 428 g/mol. The Morgan fingerprint density at radius 1 is 1.23 bits per heavy atom. The van der Waals surface area contributed by atoms with E-state index in [1.807, 2.05) is 24.3 Å². The number of hydrazine groups is 1. The predicted octanol–water partition coefficient (Wildman–Crippen LogP) is 3.83. The summed E-state index contributed by atoms with van der Waals surface area (Å²) < 4.78 is 18.9. The van der Waals surface area contributed by atoms with Crippen LogP contribution in [0, 0.1) is 17.7 Å². The zero-order valence-electron chi connectivity index (χ0n) is 18.2. The normalized spacial score (nSPS) is 15.9. The van der Waals surface area contributed by atoms with E-state index in [4.69, 9.17) is 16.3 Å². The minimum absolute atomic E-state index is 0.395. The Balaban J connectivity index is 1.39. The minimum atomic E-state index is -0.395. The van der Waals surface area contributed by atoms with Crippen molar-refractivity contribution >= 4 is 11.6 Å². The van der Waals surface area contributed by atoms with Crippen LogP contribution >= 0.6 is 0 Å². The van der Waals surface area contributed by atoms with E-state index >= 15 is 0 Å². The number of nitrogens with two attached hydrogens (primary N) is 2. The van der Waals surface area contributed by atoms with Crippen molar-refractivity contribution in [2.45, 2.75) is 39.0 Å². The molecule has 8 heteroatoms. The van der Waals surface area contributed by atoms with E-state index < -0.39 is 5.82 Å². The van der Waals surface area contributed by atoms with Crippen LogP contribution in [-0.4, -0.2) is 29.7 Å². The van der Waals surface area contributed by atoms with Gasteiger partial charge in [0.05, 0.1) is 24.7 Å². The van der Waals surface area contributed by atoms with Gasteiger partial charge in [0.2, 0.25) is 5.95 Å². The molecule has 2 heterocycles. The lowest BCUT2D eigenvalue weighted by Crippen LogP contribution is -2.37.